The minimum absolute atomic E-state index is 0. The molecule has 0 saturated heterocycles. The largest absolute Gasteiger partial charge is 0.379 e. The SMILES string of the molecule is CCC(F)(F)[C@H](NC(=O)Cc1cccc(-c2cc(F)cc(F)c2)c1C1CC1)[C@H](C)OC.[HH]. The van der Waals surface area contributed by atoms with Gasteiger partial charge in [0.1, 0.15) is 17.7 Å². The molecular formula is C24H29F4NO2. The molecule has 1 aliphatic carbocycles. The Bertz CT molecular complexity index is 929. The van der Waals surface area contributed by atoms with Crippen LogP contribution in [0.3, 0.4) is 0 Å². The summed E-state index contributed by atoms with van der Waals surface area (Å²) >= 11 is 0. The van der Waals surface area contributed by atoms with Crippen molar-refractivity contribution < 1.29 is 28.5 Å². The third-order valence-corrected chi connectivity index (χ3v) is 5.79. The normalized spacial score (nSPS) is 16.1. The molecule has 0 heterocycles. The van der Waals surface area contributed by atoms with Crippen LogP contribution in [0.15, 0.2) is 36.4 Å². The summed E-state index contributed by atoms with van der Waals surface area (Å²) in [6, 6.07) is 7.10. The molecule has 0 aromatic heterocycles. The van der Waals surface area contributed by atoms with Gasteiger partial charge in [-0.15, -0.1) is 0 Å². The number of ether oxygens (including phenoxy) is 1. The van der Waals surface area contributed by atoms with Crippen molar-refractivity contribution in [1.29, 1.82) is 0 Å². The van der Waals surface area contributed by atoms with Crippen LogP contribution < -0.4 is 5.32 Å². The lowest BCUT2D eigenvalue weighted by Crippen LogP contribution is -2.54. The van der Waals surface area contributed by atoms with Crippen LogP contribution in [0.2, 0.25) is 0 Å². The lowest BCUT2D eigenvalue weighted by Gasteiger charge is -2.31. The summed E-state index contributed by atoms with van der Waals surface area (Å²) in [6.07, 6.45) is 0.397. The molecular weight excluding hydrogens is 410 g/mol. The Morgan fingerprint density at radius 3 is 2.42 bits per heavy atom. The van der Waals surface area contributed by atoms with Gasteiger partial charge in [0.25, 0.3) is 5.92 Å². The molecule has 31 heavy (non-hydrogen) atoms. The maximum atomic E-state index is 14.4. The molecule has 0 spiro atoms. The van der Waals surface area contributed by atoms with Crippen LogP contribution in [0, 0.1) is 11.6 Å². The van der Waals surface area contributed by atoms with Crippen LogP contribution in [-0.4, -0.2) is 31.1 Å². The third-order valence-electron chi connectivity index (χ3n) is 5.79. The summed E-state index contributed by atoms with van der Waals surface area (Å²) < 4.78 is 61.4. The molecule has 0 radical (unpaired) electrons. The highest BCUT2D eigenvalue weighted by molar-refractivity contribution is 5.81. The number of carbonyl (C=O) groups is 1. The Labute approximate surface area is 181 Å². The Morgan fingerprint density at radius 1 is 1.23 bits per heavy atom. The Kier molecular flexibility index (Phi) is 7.04. The lowest BCUT2D eigenvalue weighted by molar-refractivity contribution is -0.130. The van der Waals surface area contributed by atoms with Crippen LogP contribution in [-0.2, 0) is 16.0 Å². The number of amides is 1. The van der Waals surface area contributed by atoms with Crippen molar-refractivity contribution >= 4 is 5.91 Å². The van der Waals surface area contributed by atoms with Gasteiger partial charge in [0.05, 0.1) is 12.5 Å². The van der Waals surface area contributed by atoms with E-state index < -0.39 is 42.0 Å². The predicted molar refractivity (Wildman–Crippen MR) is 113 cm³/mol. The van der Waals surface area contributed by atoms with Gasteiger partial charge in [0.2, 0.25) is 5.91 Å². The van der Waals surface area contributed by atoms with Crippen LogP contribution in [0.5, 0.6) is 0 Å². The lowest BCUT2D eigenvalue weighted by atomic mass is 9.90. The van der Waals surface area contributed by atoms with Crippen LogP contribution in [0.25, 0.3) is 11.1 Å². The summed E-state index contributed by atoms with van der Waals surface area (Å²) in [5, 5.41) is 2.44. The van der Waals surface area contributed by atoms with Gasteiger partial charge in [-0.2, -0.15) is 0 Å². The number of methoxy groups -OCH3 is 1. The average molecular weight is 439 g/mol. The van der Waals surface area contributed by atoms with Gasteiger partial charge in [0, 0.05) is 21.0 Å². The van der Waals surface area contributed by atoms with Crippen LogP contribution in [0.1, 0.15) is 51.6 Å². The molecule has 170 valence electrons. The molecule has 2 aromatic carbocycles. The van der Waals surface area contributed by atoms with Gasteiger partial charge in [-0.3, -0.25) is 4.79 Å². The fourth-order valence-electron chi connectivity index (χ4n) is 3.90. The van der Waals surface area contributed by atoms with Crippen molar-refractivity contribution in [3.05, 3.63) is 59.2 Å². The van der Waals surface area contributed by atoms with E-state index in [-0.39, 0.29) is 13.8 Å². The topological polar surface area (TPSA) is 38.3 Å². The first-order valence-corrected chi connectivity index (χ1v) is 10.4. The van der Waals surface area contributed by atoms with Gasteiger partial charge in [0.15, 0.2) is 0 Å². The Morgan fingerprint density at radius 2 is 1.87 bits per heavy atom. The zero-order chi connectivity index (χ0) is 22.8. The molecule has 1 aliphatic rings. The van der Waals surface area contributed by atoms with E-state index in [2.05, 4.69) is 5.32 Å². The molecule has 7 heteroatoms. The highest BCUT2D eigenvalue weighted by atomic mass is 19.3. The third kappa shape index (κ3) is 5.45. The number of halogens is 4. The molecule has 1 fully saturated rings. The van der Waals surface area contributed by atoms with Crippen LogP contribution >= 0.6 is 0 Å². The molecule has 1 amide bonds. The summed E-state index contributed by atoms with van der Waals surface area (Å²) in [6.45, 7) is 2.84. The Hall–Kier alpha value is -2.41. The number of benzene rings is 2. The van der Waals surface area contributed by atoms with Crippen molar-refractivity contribution in [3.8, 4) is 11.1 Å². The van der Waals surface area contributed by atoms with E-state index >= 15 is 0 Å². The summed E-state index contributed by atoms with van der Waals surface area (Å²) in [5.74, 6) is -4.86. The van der Waals surface area contributed by atoms with Crippen molar-refractivity contribution in [2.24, 2.45) is 0 Å². The van der Waals surface area contributed by atoms with Crippen molar-refractivity contribution in [2.45, 2.75) is 63.5 Å². The maximum Gasteiger partial charge on any atom is 0.270 e. The molecule has 3 rings (SSSR count). The standard InChI is InChI=1S/C24H27F4NO2.H2/c1-4-24(27,28)23(14(2)31-3)29-21(30)12-16-6-5-7-20(22(16)15-8-9-15)17-10-18(25)13-19(26)11-17;/h5-7,10-11,13-15,23H,4,8-9,12H2,1-3H3,(H,29,30);1H/t14-,23+;/m0./s1. The molecule has 0 unspecified atom stereocenters. The second kappa shape index (κ2) is 9.39. The average Bonchev–Trinajstić information content (AvgIpc) is 3.55. The molecule has 1 saturated carbocycles. The first kappa shape index (κ1) is 23.3. The van der Waals surface area contributed by atoms with E-state index in [0.29, 0.717) is 16.7 Å². The van der Waals surface area contributed by atoms with E-state index in [0.717, 1.165) is 24.5 Å². The Balaban J connectivity index is 0.00000363. The molecule has 1 N–H and O–H groups in total. The minimum Gasteiger partial charge on any atom is -0.379 e. The van der Waals surface area contributed by atoms with Crippen molar-refractivity contribution in [2.75, 3.05) is 7.11 Å². The second-order valence-corrected chi connectivity index (χ2v) is 8.09. The quantitative estimate of drug-likeness (QED) is 0.497. The second-order valence-electron chi connectivity index (χ2n) is 8.09. The zero-order valence-corrected chi connectivity index (χ0v) is 17.9. The summed E-state index contributed by atoms with van der Waals surface area (Å²) in [5.41, 5.74) is 2.57. The van der Waals surface area contributed by atoms with Gasteiger partial charge in [-0.1, -0.05) is 25.1 Å². The minimum atomic E-state index is -3.12. The highest BCUT2D eigenvalue weighted by Gasteiger charge is 2.42. The molecule has 2 atom stereocenters. The number of hydrogen-bond donors (Lipinski definition) is 1. The molecule has 3 nitrogen and oxygen atoms in total. The number of hydrogen-bond acceptors (Lipinski definition) is 2. The van der Waals surface area contributed by atoms with Crippen molar-refractivity contribution in [1.82, 2.24) is 5.32 Å². The first-order chi connectivity index (χ1) is 14.7. The first-order valence-electron chi connectivity index (χ1n) is 10.4. The van der Waals surface area contributed by atoms with Gasteiger partial charge >= 0.3 is 0 Å². The molecule has 0 aliphatic heterocycles. The van der Waals surface area contributed by atoms with Crippen molar-refractivity contribution in [3.63, 3.8) is 0 Å². The molecule has 0 bridgehead atoms. The van der Waals surface area contributed by atoms with Gasteiger partial charge in [-0.25, -0.2) is 17.6 Å². The fraction of sp³-hybridized carbons (Fsp3) is 0.458. The number of nitrogens with one attached hydrogen (secondary N) is 1. The smallest absolute Gasteiger partial charge is 0.270 e. The number of alkyl halides is 2. The fourth-order valence-corrected chi connectivity index (χ4v) is 3.90. The van der Waals surface area contributed by atoms with Gasteiger partial charge < -0.3 is 10.1 Å². The molecule has 2 aromatic rings. The van der Waals surface area contributed by atoms with E-state index in [4.69, 9.17) is 4.74 Å². The van der Waals surface area contributed by atoms with E-state index in [9.17, 15) is 22.4 Å². The zero-order valence-electron chi connectivity index (χ0n) is 17.9. The maximum absolute atomic E-state index is 14.4. The van der Waals surface area contributed by atoms with E-state index in [1.165, 1.54) is 33.1 Å². The number of carbonyl (C=O) groups excluding carboxylic acids is 1. The van der Waals surface area contributed by atoms with Gasteiger partial charge in [-0.05, 0) is 60.1 Å². The van der Waals surface area contributed by atoms with E-state index in [1.54, 1.807) is 18.2 Å². The predicted octanol–water partition coefficient (Wildman–Crippen LogP) is 5.86. The summed E-state index contributed by atoms with van der Waals surface area (Å²) in [7, 11) is 1.32. The van der Waals surface area contributed by atoms with E-state index in [1.807, 2.05) is 0 Å². The monoisotopic (exact) mass is 439 g/mol. The van der Waals surface area contributed by atoms with Crippen LogP contribution in [0.4, 0.5) is 17.6 Å². The summed E-state index contributed by atoms with van der Waals surface area (Å²) in [4.78, 5) is 12.7. The highest BCUT2D eigenvalue weighted by Crippen LogP contribution is 2.46. The number of rotatable bonds is 9.